The van der Waals surface area contributed by atoms with Crippen LogP contribution in [0.25, 0.3) is 0 Å². The first-order valence-corrected chi connectivity index (χ1v) is 6.16. The van der Waals surface area contributed by atoms with Crippen molar-refractivity contribution in [3.63, 3.8) is 0 Å². The van der Waals surface area contributed by atoms with Crippen molar-refractivity contribution in [1.82, 2.24) is 0 Å². The lowest BCUT2D eigenvalue weighted by Crippen LogP contribution is -2.16. The molecule has 2 N–H and O–H groups in total. The SMILES string of the molecule is Cc1ccc(C(C)(C)C)cc1CCC(C)N. The van der Waals surface area contributed by atoms with Crippen LogP contribution in [0.1, 0.15) is 50.8 Å². The third kappa shape index (κ3) is 3.64. The molecule has 1 atom stereocenters. The van der Waals surface area contributed by atoms with E-state index in [1.54, 1.807) is 0 Å². The van der Waals surface area contributed by atoms with E-state index in [2.05, 4.69) is 52.8 Å². The number of hydrogen-bond donors (Lipinski definition) is 1. The van der Waals surface area contributed by atoms with E-state index in [1.165, 1.54) is 16.7 Å². The number of benzene rings is 1. The Bertz CT molecular complexity index is 345. The Kier molecular flexibility index (Phi) is 4.15. The molecule has 1 heteroatoms. The van der Waals surface area contributed by atoms with Gasteiger partial charge in [-0.1, -0.05) is 39.0 Å². The van der Waals surface area contributed by atoms with Gasteiger partial charge in [-0.3, -0.25) is 0 Å². The second-order valence-electron chi connectivity index (χ2n) is 5.91. The number of nitrogens with two attached hydrogens (primary N) is 1. The smallest absolute Gasteiger partial charge is 0.00136 e. The van der Waals surface area contributed by atoms with Crippen LogP contribution in [0.3, 0.4) is 0 Å². The zero-order chi connectivity index (χ0) is 12.3. The van der Waals surface area contributed by atoms with Gasteiger partial charge in [-0.05, 0) is 48.8 Å². The Labute approximate surface area is 100 Å². The highest BCUT2D eigenvalue weighted by Gasteiger charge is 2.14. The minimum atomic E-state index is 0.233. The molecule has 0 fully saturated rings. The predicted molar refractivity (Wildman–Crippen MR) is 71.8 cm³/mol. The number of hydrogen-bond acceptors (Lipinski definition) is 1. The molecule has 1 rings (SSSR count). The maximum Gasteiger partial charge on any atom is 0.00136 e. The third-order valence-electron chi connectivity index (χ3n) is 3.08. The molecule has 0 aromatic heterocycles. The first-order valence-electron chi connectivity index (χ1n) is 6.16. The van der Waals surface area contributed by atoms with E-state index in [4.69, 9.17) is 5.73 Å². The van der Waals surface area contributed by atoms with Crippen LogP contribution in [-0.2, 0) is 11.8 Å². The molecule has 0 spiro atoms. The van der Waals surface area contributed by atoms with Gasteiger partial charge in [-0.2, -0.15) is 0 Å². The van der Waals surface area contributed by atoms with Gasteiger partial charge in [0.2, 0.25) is 0 Å². The van der Waals surface area contributed by atoms with Gasteiger partial charge in [-0.25, -0.2) is 0 Å². The molecule has 0 aliphatic rings. The fraction of sp³-hybridized carbons (Fsp3) is 0.600. The van der Waals surface area contributed by atoms with Crippen molar-refractivity contribution >= 4 is 0 Å². The minimum Gasteiger partial charge on any atom is -0.328 e. The van der Waals surface area contributed by atoms with E-state index < -0.39 is 0 Å². The first kappa shape index (κ1) is 13.2. The molecular weight excluding hydrogens is 194 g/mol. The quantitative estimate of drug-likeness (QED) is 0.826. The van der Waals surface area contributed by atoms with Gasteiger partial charge in [-0.15, -0.1) is 0 Å². The molecule has 1 aromatic rings. The molecule has 0 saturated heterocycles. The average molecular weight is 219 g/mol. The van der Waals surface area contributed by atoms with Gasteiger partial charge in [0.1, 0.15) is 0 Å². The Balaban J connectivity index is 2.91. The molecule has 90 valence electrons. The lowest BCUT2D eigenvalue weighted by Gasteiger charge is -2.21. The van der Waals surface area contributed by atoms with Gasteiger partial charge in [0.05, 0.1) is 0 Å². The summed E-state index contributed by atoms with van der Waals surface area (Å²) in [5, 5.41) is 0. The summed E-state index contributed by atoms with van der Waals surface area (Å²) < 4.78 is 0. The van der Waals surface area contributed by atoms with Crippen LogP contribution in [-0.4, -0.2) is 6.04 Å². The van der Waals surface area contributed by atoms with E-state index in [0.717, 1.165) is 12.8 Å². The second kappa shape index (κ2) is 5.01. The van der Waals surface area contributed by atoms with E-state index in [1.807, 2.05) is 0 Å². The highest BCUT2D eigenvalue weighted by molar-refractivity contribution is 5.34. The summed E-state index contributed by atoms with van der Waals surface area (Å²) in [7, 11) is 0. The summed E-state index contributed by atoms with van der Waals surface area (Å²) in [6.07, 6.45) is 2.15. The van der Waals surface area contributed by atoms with Crippen molar-refractivity contribution in [2.45, 2.75) is 58.9 Å². The molecule has 0 bridgehead atoms. The van der Waals surface area contributed by atoms with Crippen molar-refractivity contribution in [2.75, 3.05) is 0 Å². The normalized spacial score (nSPS) is 13.9. The van der Waals surface area contributed by atoms with Crippen molar-refractivity contribution in [3.05, 3.63) is 34.9 Å². The zero-order valence-corrected chi connectivity index (χ0v) is 11.3. The first-order chi connectivity index (χ1) is 7.30. The van der Waals surface area contributed by atoms with Crippen LogP contribution in [0.5, 0.6) is 0 Å². The molecule has 0 saturated carbocycles. The van der Waals surface area contributed by atoms with E-state index in [0.29, 0.717) is 0 Å². The molecule has 1 aromatic carbocycles. The fourth-order valence-electron chi connectivity index (χ4n) is 1.79. The Morgan fingerprint density at radius 3 is 2.38 bits per heavy atom. The van der Waals surface area contributed by atoms with Gasteiger partial charge in [0, 0.05) is 6.04 Å². The van der Waals surface area contributed by atoms with Crippen molar-refractivity contribution in [2.24, 2.45) is 5.73 Å². The van der Waals surface area contributed by atoms with E-state index in [-0.39, 0.29) is 11.5 Å². The number of aryl methyl sites for hydroxylation is 2. The Hall–Kier alpha value is -0.820. The second-order valence-corrected chi connectivity index (χ2v) is 5.91. The highest BCUT2D eigenvalue weighted by Crippen LogP contribution is 2.25. The molecule has 0 aliphatic heterocycles. The molecule has 1 unspecified atom stereocenters. The van der Waals surface area contributed by atoms with Crippen LogP contribution in [0.2, 0.25) is 0 Å². The molecule has 1 nitrogen and oxygen atoms in total. The van der Waals surface area contributed by atoms with Crippen molar-refractivity contribution < 1.29 is 0 Å². The van der Waals surface area contributed by atoms with Crippen LogP contribution in [0.15, 0.2) is 18.2 Å². The fourth-order valence-corrected chi connectivity index (χ4v) is 1.79. The van der Waals surface area contributed by atoms with Gasteiger partial charge < -0.3 is 5.73 Å². The maximum absolute atomic E-state index is 5.81. The maximum atomic E-state index is 5.81. The minimum absolute atomic E-state index is 0.233. The zero-order valence-electron chi connectivity index (χ0n) is 11.3. The van der Waals surface area contributed by atoms with E-state index >= 15 is 0 Å². The molecule has 0 heterocycles. The summed E-state index contributed by atoms with van der Waals surface area (Å²) in [6, 6.07) is 7.11. The summed E-state index contributed by atoms with van der Waals surface area (Å²) in [5.74, 6) is 0. The van der Waals surface area contributed by atoms with E-state index in [9.17, 15) is 0 Å². The summed E-state index contributed by atoms with van der Waals surface area (Å²) in [4.78, 5) is 0. The molecule has 16 heavy (non-hydrogen) atoms. The standard InChI is InChI=1S/C15H25N/c1-11-6-9-14(15(3,4)5)10-13(11)8-7-12(2)16/h6,9-10,12H,7-8,16H2,1-5H3. The van der Waals surface area contributed by atoms with Crippen LogP contribution < -0.4 is 5.73 Å². The number of rotatable bonds is 3. The summed E-state index contributed by atoms with van der Waals surface area (Å²) >= 11 is 0. The van der Waals surface area contributed by atoms with Crippen LogP contribution >= 0.6 is 0 Å². The third-order valence-corrected chi connectivity index (χ3v) is 3.08. The molecular formula is C15H25N. The monoisotopic (exact) mass is 219 g/mol. The average Bonchev–Trinajstić information content (AvgIpc) is 2.14. The summed E-state index contributed by atoms with van der Waals surface area (Å²) in [5.41, 5.74) is 10.3. The highest BCUT2D eigenvalue weighted by atomic mass is 14.6. The molecule has 0 amide bonds. The molecule has 0 aliphatic carbocycles. The predicted octanol–water partition coefficient (Wildman–Crippen LogP) is 3.57. The van der Waals surface area contributed by atoms with Gasteiger partial charge in [0.25, 0.3) is 0 Å². The van der Waals surface area contributed by atoms with Crippen molar-refractivity contribution in [3.8, 4) is 0 Å². The lowest BCUT2D eigenvalue weighted by atomic mass is 9.84. The molecule has 0 radical (unpaired) electrons. The Morgan fingerprint density at radius 1 is 1.25 bits per heavy atom. The van der Waals surface area contributed by atoms with Gasteiger partial charge in [0.15, 0.2) is 0 Å². The van der Waals surface area contributed by atoms with Crippen molar-refractivity contribution in [1.29, 1.82) is 0 Å². The Morgan fingerprint density at radius 2 is 1.88 bits per heavy atom. The topological polar surface area (TPSA) is 26.0 Å². The van der Waals surface area contributed by atoms with Crippen LogP contribution in [0, 0.1) is 6.92 Å². The summed E-state index contributed by atoms with van der Waals surface area (Å²) in [6.45, 7) is 11.0. The van der Waals surface area contributed by atoms with Gasteiger partial charge >= 0.3 is 0 Å². The largest absolute Gasteiger partial charge is 0.328 e. The lowest BCUT2D eigenvalue weighted by molar-refractivity contribution is 0.587. The van der Waals surface area contributed by atoms with Crippen LogP contribution in [0.4, 0.5) is 0 Å².